The van der Waals surface area contributed by atoms with Crippen molar-refractivity contribution in [2.45, 2.75) is 17.9 Å². The van der Waals surface area contributed by atoms with E-state index in [1.807, 2.05) is 0 Å². The number of thiazole rings is 1. The number of aromatic nitrogens is 1. The van der Waals surface area contributed by atoms with Crippen LogP contribution < -0.4 is 4.72 Å². The van der Waals surface area contributed by atoms with E-state index in [1.165, 1.54) is 23.6 Å². The van der Waals surface area contributed by atoms with Crippen LogP contribution in [0.25, 0.3) is 0 Å². The molecule has 2 N–H and O–H groups in total. The molecule has 10 heteroatoms. The number of rotatable bonds is 5. The van der Waals surface area contributed by atoms with E-state index in [1.54, 1.807) is 13.0 Å². The number of benzene rings is 2. The van der Waals surface area contributed by atoms with E-state index in [2.05, 4.69) is 9.71 Å². The van der Waals surface area contributed by atoms with Crippen molar-refractivity contribution in [2.75, 3.05) is 4.72 Å². The lowest BCUT2D eigenvalue weighted by Gasteiger charge is -2.10. The molecule has 2 aromatic carbocycles. The Bertz CT molecular complexity index is 1080. The monoisotopic (exact) mass is 446 g/mol. The number of halogens is 3. The van der Waals surface area contributed by atoms with E-state index in [-0.39, 0.29) is 26.3 Å². The first-order chi connectivity index (χ1) is 12.7. The predicted molar refractivity (Wildman–Crippen MR) is 105 cm³/mol. The lowest BCUT2D eigenvalue weighted by Crippen LogP contribution is -2.14. The average molecular weight is 447 g/mol. The Balaban J connectivity index is 1.86. The quantitative estimate of drug-likeness (QED) is 0.590. The Kier molecular flexibility index (Phi) is 5.73. The SMILES string of the molecule is Cc1c(Cl)cccc1S(=O)(=O)Nc1nc(C(O)c2cc(F)cc(Cl)c2)cs1. The van der Waals surface area contributed by atoms with Crippen molar-refractivity contribution in [2.24, 2.45) is 0 Å². The van der Waals surface area contributed by atoms with Crippen molar-refractivity contribution in [1.29, 1.82) is 0 Å². The zero-order valence-electron chi connectivity index (χ0n) is 13.8. The van der Waals surface area contributed by atoms with Crippen molar-refractivity contribution >= 4 is 49.7 Å². The molecule has 1 aromatic heterocycles. The first-order valence-electron chi connectivity index (χ1n) is 7.55. The van der Waals surface area contributed by atoms with Gasteiger partial charge in [0.2, 0.25) is 0 Å². The Morgan fingerprint density at radius 2 is 2.00 bits per heavy atom. The molecule has 142 valence electrons. The molecule has 27 heavy (non-hydrogen) atoms. The van der Waals surface area contributed by atoms with Gasteiger partial charge in [-0.1, -0.05) is 29.3 Å². The smallest absolute Gasteiger partial charge is 0.263 e. The highest BCUT2D eigenvalue weighted by molar-refractivity contribution is 7.93. The molecule has 0 fully saturated rings. The molecule has 0 aliphatic heterocycles. The molecule has 3 aromatic rings. The van der Waals surface area contributed by atoms with Crippen LogP contribution in [0.15, 0.2) is 46.7 Å². The molecule has 1 unspecified atom stereocenters. The average Bonchev–Trinajstić information content (AvgIpc) is 3.03. The van der Waals surface area contributed by atoms with Crippen LogP contribution >= 0.6 is 34.5 Å². The highest BCUT2D eigenvalue weighted by Gasteiger charge is 2.21. The van der Waals surface area contributed by atoms with Crippen molar-refractivity contribution in [3.05, 3.63) is 74.5 Å². The number of aliphatic hydroxyl groups excluding tert-OH is 1. The molecule has 0 spiro atoms. The van der Waals surface area contributed by atoms with E-state index in [4.69, 9.17) is 23.2 Å². The van der Waals surface area contributed by atoms with Gasteiger partial charge in [0.15, 0.2) is 5.13 Å². The van der Waals surface area contributed by atoms with Gasteiger partial charge >= 0.3 is 0 Å². The number of hydrogen-bond acceptors (Lipinski definition) is 5. The second-order valence-corrected chi connectivity index (χ2v) is 9.00. The van der Waals surface area contributed by atoms with Crippen LogP contribution in [-0.4, -0.2) is 18.5 Å². The molecular weight excluding hydrogens is 434 g/mol. The number of hydrogen-bond donors (Lipinski definition) is 2. The van der Waals surface area contributed by atoms with Gasteiger partial charge in [-0.2, -0.15) is 0 Å². The first kappa shape index (κ1) is 20.0. The van der Waals surface area contributed by atoms with Crippen LogP contribution in [0.4, 0.5) is 9.52 Å². The van der Waals surface area contributed by atoms with Gasteiger partial charge in [0, 0.05) is 15.4 Å². The van der Waals surface area contributed by atoms with Crippen LogP contribution in [0.3, 0.4) is 0 Å². The van der Waals surface area contributed by atoms with Crippen LogP contribution in [-0.2, 0) is 10.0 Å². The van der Waals surface area contributed by atoms with Crippen molar-refractivity contribution in [3.8, 4) is 0 Å². The summed E-state index contributed by atoms with van der Waals surface area (Å²) in [5, 5.41) is 12.4. The summed E-state index contributed by atoms with van der Waals surface area (Å²) in [5.41, 5.74) is 0.797. The minimum atomic E-state index is -3.91. The van der Waals surface area contributed by atoms with E-state index >= 15 is 0 Å². The summed E-state index contributed by atoms with van der Waals surface area (Å²) in [7, 11) is -3.91. The molecule has 0 aliphatic rings. The van der Waals surface area contributed by atoms with E-state index in [0.717, 1.165) is 23.5 Å². The van der Waals surface area contributed by atoms with Gasteiger partial charge in [0.25, 0.3) is 10.0 Å². The number of anilines is 1. The maximum Gasteiger partial charge on any atom is 0.263 e. The van der Waals surface area contributed by atoms with Crippen molar-refractivity contribution < 1.29 is 17.9 Å². The fourth-order valence-corrected chi connectivity index (χ4v) is 5.12. The maximum absolute atomic E-state index is 13.5. The third-order valence-corrected chi connectivity index (χ3v) is 6.75. The molecular formula is C17H13Cl2FN2O3S2. The number of aliphatic hydroxyl groups is 1. The van der Waals surface area contributed by atoms with Crippen molar-refractivity contribution in [3.63, 3.8) is 0 Å². The van der Waals surface area contributed by atoms with Gasteiger partial charge in [0.05, 0.1) is 10.6 Å². The fourth-order valence-electron chi connectivity index (χ4n) is 2.41. The summed E-state index contributed by atoms with van der Waals surface area (Å²) >= 11 is 12.8. The Hall–Kier alpha value is -1.71. The van der Waals surface area contributed by atoms with Crippen LogP contribution in [0.5, 0.6) is 0 Å². The van der Waals surface area contributed by atoms with Gasteiger partial charge in [-0.25, -0.2) is 17.8 Å². The molecule has 0 amide bonds. The van der Waals surface area contributed by atoms with Crippen LogP contribution in [0.2, 0.25) is 10.0 Å². The Labute approximate surface area is 169 Å². The fraction of sp³-hybridized carbons (Fsp3) is 0.118. The highest BCUT2D eigenvalue weighted by atomic mass is 35.5. The third kappa shape index (κ3) is 4.41. The second kappa shape index (κ2) is 7.73. The molecule has 1 heterocycles. The first-order valence-corrected chi connectivity index (χ1v) is 10.7. The molecule has 1 atom stereocenters. The summed E-state index contributed by atoms with van der Waals surface area (Å²) in [6.07, 6.45) is -1.25. The van der Waals surface area contributed by atoms with Gasteiger partial charge in [-0.15, -0.1) is 11.3 Å². The largest absolute Gasteiger partial charge is 0.382 e. The predicted octanol–water partition coefficient (Wildman–Crippen LogP) is 4.78. The summed E-state index contributed by atoms with van der Waals surface area (Å²) in [4.78, 5) is 4.12. The standard InChI is InChI=1S/C17H13Cl2FN2O3S2/c1-9-13(19)3-2-4-15(9)27(24,25)22-17-21-14(8-26-17)16(23)10-5-11(18)7-12(20)6-10/h2-8,16,23H,1H3,(H,21,22). The molecule has 5 nitrogen and oxygen atoms in total. The van der Waals surface area contributed by atoms with E-state index in [9.17, 15) is 17.9 Å². The van der Waals surface area contributed by atoms with Crippen LogP contribution in [0, 0.1) is 12.7 Å². The lowest BCUT2D eigenvalue weighted by atomic mass is 10.1. The highest BCUT2D eigenvalue weighted by Crippen LogP contribution is 2.30. The maximum atomic E-state index is 13.5. The molecule has 0 aliphatic carbocycles. The van der Waals surface area contributed by atoms with Gasteiger partial charge < -0.3 is 5.11 Å². The third-order valence-electron chi connectivity index (χ3n) is 3.73. The summed E-state index contributed by atoms with van der Waals surface area (Å²) in [5.74, 6) is -0.593. The van der Waals surface area contributed by atoms with Gasteiger partial charge in [-0.3, -0.25) is 4.72 Å². The minimum absolute atomic E-state index is 0.0317. The molecule has 0 bridgehead atoms. The molecule has 0 saturated heterocycles. The number of sulfonamides is 1. The number of nitrogens with zero attached hydrogens (tertiary/aromatic N) is 1. The lowest BCUT2D eigenvalue weighted by molar-refractivity contribution is 0.215. The summed E-state index contributed by atoms with van der Waals surface area (Å²) in [6.45, 7) is 1.60. The topological polar surface area (TPSA) is 79.3 Å². The Morgan fingerprint density at radius 3 is 2.70 bits per heavy atom. The Morgan fingerprint density at radius 1 is 1.26 bits per heavy atom. The van der Waals surface area contributed by atoms with Crippen molar-refractivity contribution in [1.82, 2.24) is 4.98 Å². The molecule has 0 radical (unpaired) electrons. The zero-order chi connectivity index (χ0) is 19.8. The molecule has 0 saturated carbocycles. The van der Waals surface area contributed by atoms with Gasteiger partial charge in [0.1, 0.15) is 11.9 Å². The van der Waals surface area contributed by atoms with E-state index in [0.29, 0.717) is 10.6 Å². The summed E-state index contributed by atoms with van der Waals surface area (Å²) in [6, 6.07) is 8.22. The van der Waals surface area contributed by atoms with Gasteiger partial charge in [-0.05, 0) is 48.4 Å². The zero-order valence-corrected chi connectivity index (χ0v) is 16.9. The minimum Gasteiger partial charge on any atom is -0.382 e. The normalized spacial score (nSPS) is 12.8. The summed E-state index contributed by atoms with van der Waals surface area (Å²) < 4.78 is 41.0. The number of nitrogens with one attached hydrogen (secondary N) is 1. The second-order valence-electron chi connectivity index (χ2n) is 5.65. The van der Waals surface area contributed by atoms with Crippen LogP contribution in [0.1, 0.15) is 22.9 Å². The van der Waals surface area contributed by atoms with E-state index < -0.39 is 21.9 Å². The molecule has 3 rings (SSSR count).